The Bertz CT molecular complexity index is 1190. The number of hydrogen-bond donors (Lipinski definition) is 1. The van der Waals surface area contributed by atoms with Gasteiger partial charge in [0, 0.05) is 30.4 Å². The van der Waals surface area contributed by atoms with Gasteiger partial charge in [0.15, 0.2) is 0 Å². The highest BCUT2D eigenvalue weighted by molar-refractivity contribution is 7.89. The molecule has 0 spiro atoms. The summed E-state index contributed by atoms with van der Waals surface area (Å²) in [4.78, 5) is 27.3. The first-order valence-corrected chi connectivity index (χ1v) is 13.3. The lowest BCUT2D eigenvalue weighted by atomic mass is 9.84. The number of nitrogens with zero attached hydrogens (tertiary/aromatic N) is 2. The van der Waals surface area contributed by atoms with E-state index in [-0.39, 0.29) is 29.3 Å². The maximum absolute atomic E-state index is 13.2. The Morgan fingerprint density at radius 2 is 1.79 bits per heavy atom. The van der Waals surface area contributed by atoms with Crippen LogP contribution in [-0.4, -0.2) is 44.2 Å². The van der Waals surface area contributed by atoms with Crippen molar-refractivity contribution in [3.8, 4) is 0 Å². The molecular formula is C26H33N3O4S. The smallest absolute Gasteiger partial charge is 0.243 e. The maximum atomic E-state index is 13.2. The Morgan fingerprint density at radius 1 is 1.12 bits per heavy atom. The first kappa shape index (κ1) is 24.4. The second-order valence-corrected chi connectivity index (χ2v) is 11.8. The van der Waals surface area contributed by atoms with Crippen molar-refractivity contribution in [3.05, 3.63) is 53.6 Å². The summed E-state index contributed by atoms with van der Waals surface area (Å²) in [6, 6.07) is 12.5. The molecule has 1 aliphatic carbocycles. The van der Waals surface area contributed by atoms with E-state index in [1.54, 1.807) is 12.1 Å². The summed E-state index contributed by atoms with van der Waals surface area (Å²) in [5.41, 5.74) is 3.44. The first-order valence-electron chi connectivity index (χ1n) is 11.9. The van der Waals surface area contributed by atoms with E-state index in [0.29, 0.717) is 18.0 Å². The number of carbonyl (C=O) groups is 2. The molecular weight excluding hydrogens is 450 g/mol. The average Bonchev–Trinajstić information content (AvgIpc) is 3.07. The molecule has 1 atom stereocenters. The van der Waals surface area contributed by atoms with Crippen LogP contribution in [0.3, 0.4) is 0 Å². The van der Waals surface area contributed by atoms with Crippen LogP contribution in [0.1, 0.15) is 57.1 Å². The molecule has 182 valence electrons. The van der Waals surface area contributed by atoms with Gasteiger partial charge >= 0.3 is 0 Å². The zero-order valence-corrected chi connectivity index (χ0v) is 21.1. The van der Waals surface area contributed by atoms with Crippen LogP contribution in [-0.2, 0) is 26.0 Å². The van der Waals surface area contributed by atoms with Crippen LogP contribution in [0, 0.1) is 5.92 Å². The summed E-state index contributed by atoms with van der Waals surface area (Å²) in [5.74, 6) is 0.210. The lowest BCUT2D eigenvalue weighted by molar-refractivity contribution is -0.125. The number of sulfonamides is 1. The van der Waals surface area contributed by atoms with Crippen molar-refractivity contribution in [2.45, 2.75) is 63.3 Å². The van der Waals surface area contributed by atoms with Gasteiger partial charge in [0.25, 0.3) is 0 Å². The minimum Gasteiger partial charge on any atom is -0.325 e. The summed E-state index contributed by atoms with van der Waals surface area (Å²) < 4.78 is 27.4. The van der Waals surface area contributed by atoms with E-state index in [4.69, 9.17) is 0 Å². The van der Waals surface area contributed by atoms with Crippen molar-refractivity contribution in [3.63, 3.8) is 0 Å². The molecule has 2 aromatic rings. The van der Waals surface area contributed by atoms with Crippen molar-refractivity contribution < 1.29 is 18.0 Å². The van der Waals surface area contributed by atoms with Gasteiger partial charge in [-0.05, 0) is 73.6 Å². The van der Waals surface area contributed by atoms with Gasteiger partial charge in [-0.1, -0.05) is 32.4 Å². The zero-order valence-electron chi connectivity index (χ0n) is 20.2. The molecule has 34 heavy (non-hydrogen) atoms. The fourth-order valence-corrected chi connectivity index (χ4v) is 5.75. The molecule has 2 aliphatic rings. The molecule has 8 heteroatoms. The number of nitrogens with one attached hydrogen (secondary N) is 1. The zero-order chi connectivity index (χ0) is 24.6. The van der Waals surface area contributed by atoms with Crippen molar-refractivity contribution in [2.75, 3.05) is 23.8 Å². The van der Waals surface area contributed by atoms with Crippen LogP contribution in [0.5, 0.6) is 0 Å². The predicted octanol–water partition coefficient (Wildman–Crippen LogP) is 4.15. The van der Waals surface area contributed by atoms with Crippen molar-refractivity contribution in [1.29, 1.82) is 0 Å². The van der Waals surface area contributed by atoms with Crippen molar-refractivity contribution in [2.24, 2.45) is 5.92 Å². The number of anilines is 2. The Morgan fingerprint density at radius 3 is 2.38 bits per heavy atom. The van der Waals surface area contributed by atoms with Crippen LogP contribution >= 0.6 is 0 Å². The highest BCUT2D eigenvalue weighted by Crippen LogP contribution is 2.38. The summed E-state index contributed by atoms with van der Waals surface area (Å²) in [7, 11) is -2.46. The molecule has 1 unspecified atom stereocenters. The van der Waals surface area contributed by atoms with E-state index >= 15 is 0 Å². The van der Waals surface area contributed by atoms with Gasteiger partial charge in [-0.15, -0.1) is 0 Å². The fourth-order valence-electron chi connectivity index (χ4n) is 4.57. The third-order valence-electron chi connectivity index (χ3n) is 6.89. The number of benzene rings is 2. The van der Waals surface area contributed by atoms with Crippen LogP contribution < -0.4 is 10.2 Å². The Balaban J connectivity index is 1.45. The molecule has 1 aliphatic heterocycles. The predicted molar refractivity (Wildman–Crippen MR) is 133 cm³/mol. The Hall–Kier alpha value is -2.71. The van der Waals surface area contributed by atoms with Gasteiger partial charge in [0.2, 0.25) is 21.8 Å². The van der Waals surface area contributed by atoms with Crippen LogP contribution in [0.4, 0.5) is 11.4 Å². The van der Waals surface area contributed by atoms with Crippen molar-refractivity contribution in [1.82, 2.24) is 4.31 Å². The lowest BCUT2D eigenvalue weighted by Gasteiger charge is -2.32. The standard InChI is InChI=1S/C26H33N3O4S/c1-17(2)19-8-10-22(11-9-19)27-25(30)16-28(4)34(32,33)23-12-13-24-21(15-23)14-18(3)29(24)26(31)20-6-5-7-20/h8-13,15,17-18,20H,5-7,14,16H2,1-4H3,(H,27,30). The quantitative estimate of drug-likeness (QED) is 0.641. The van der Waals surface area contributed by atoms with E-state index in [9.17, 15) is 18.0 Å². The Labute approximate surface area is 202 Å². The summed E-state index contributed by atoms with van der Waals surface area (Å²) in [6.07, 6.45) is 3.57. The molecule has 1 heterocycles. The van der Waals surface area contributed by atoms with E-state index < -0.39 is 15.9 Å². The van der Waals surface area contributed by atoms with E-state index in [1.807, 2.05) is 36.1 Å². The fraction of sp³-hybridized carbons (Fsp3) is 0.462. The van der Waals surface area contributed by atoms with Crippen molar-refractivity contribution >= 4 is 33.2 Å². The minimum atomic E-state index is -3.86. The summed E-state index contributed by atoms with van der Waals surface area (Å²) >= 11 is 0. The Kier molecular flexibility index (Phi) is 6.82. The molecule has 0 aromatic heterocycles. The number of amides is 2. The third kappa shape index (κ3) is 4.74. The SMILES string of the molecule is CC(C)c1ccc(NC(=O)CN(C)S(=O)(=O)c2ccc3c(c2)CC(C)N3C(=O)C2CCC2)cc1. The number of hydrogen-bond acceptors (Lipinski definition) is 4. The summed E-state index contributed by atoms with van der Waals surface area (Å²) in [6.45, 7) is 5.89. The molecule has 2 amide bonds. The molecule has 2 aromatic carbocycles. The lowest BCUT2D eigenvalue weighted by Crippen LogP contribution is -2.42. The number of rotatable bonds is 7. The largest absolute Gasteiger partial charge is 0.325 e. The third-order valence-corrected chi connectivity index (χ3v) is 8.69. The van der Waals surface area contributed by atoms with Gasteiger partial charge in [-0.25, -0.2) is 8.42 Å². The van der Waals surface area contributed by atoms with Gasteiger partial charge in [-0.3, -0.25) is 9.59 Å². The second kappa shape index (κ2) is 9.50. The first-order chi connectivity index (χ1) is 16.1. The highest BCUT2D eigenvalue weighted by atomic mass is 32.2. The molecule has 0 radical (unpaired) electrons. The molecule has 7 nitrogen and oxygen atoms in total. The highest BCUT2D eigenvalue weighted by Gasteiger charge is 2.37. The van der Waals surface area contributed by atoms with Gasteiger partial charge in [0.1, 0.15) is 0 Å². The average molecular weight is 484 g/mol. The molecule has 0 bridgehead atoms. The number of likely N-dealkylation sites (N-methyl/N-ethyl adjacent to an activating group) is 1. The van der Waals surface area contributed by atoms with Crippen LogP contribution in [0.15, 0.2) is 47.4 Å². The topological polar surface area (TPSA) is 86.8 Å². The number of carbonyl (C=O) groups excluding carboxylic acids is 2. The normalized spacial score (nSPS) is 18.2. The van der Waals surface area contributed by atoms with Gasteiger partial charge in [-0.2, -0.15) is 4.31 Å². The molecule has 0 saturated heterocycles. The van der Waals surface area contributed by atoms with Gasteiger partial charge in [0.05, 0.1) is 11.4 Å². The van der Waals surface area contributed by atoms with E-state index in [0.717, 1.165) is 40.4 Å². The van der Waals surface area contributed by atoms with E-state index in [1.165, 1.54) is 13.1 Å². The molecule has 1 fully saturated rings. The second-order valence-electron chi connectivity index (χ2n) is 9.77. The molecule has 1 saturated carbocycles. The summed E-state index contributed by atoms with van der Waals surface area (Å²) in [5, 5.41) is 2.76. The maximum Gasteiger partial charge on any atom is 0.243 e. The molecule has 4 rings (SSSR count). The minimum absolute atomic E-state index is 0.00615. The van der Waals surface area contributed by atoms with Crippen LogP contribution in [0.25, 0.3) is 0 Å². The molecule has 1 N–H and O–H groups in total. The van der Waals surface area contributed by atoms with E-state index in [2.05, 4.69) is 19.2 Å². The number of fused-ring (bicyclic) bond motifs is 1. The van der Waals surface area contributed by atoms with Gasteiger partial charge < -0.3 is 10.2 Å². The van der Waals surface area contributed by atoms with Crippen LogP contribution in [0.2, 0.25) is 0 Å². The monoisotopic (exact) mass is 483 g/mol.